The van der Waals surface area contributed by atoms with Gasteiger partial charge in [-0.25, -0.2) is 4.79 Å². The van der Waals surface area contributed by atoms with Crippen molar-refractivity contribution in [3.63, 3.8) is 0 Å². The van der Waals surface area contributed by atoms with Crippen LogP contribution in [0.1, 0.15) is 32.6 Å². The molecule has 1 aliphatic carbocycles. The monoisotopic (exact) mass is 194 g/mol. The molecule has 76 valence electrons. The maximum absolute atomic E-state index is 11.8. The molecule has 3 heteroatoms. The fourth-order valence-electron chi connectivity index (χ4n) is 2.36. The largest absolute Gasteiger partial charge is 0.458 e. The van der Waals surface area contributed by atoms with Crippen LogP contribution in [0.4, 0.5) is 0 Å². The van der Waals surface area contributed by atoms with Crippen LogP contribution in [0.5, 0.6) is 0 Å². The Morgan fingerprint density at radius 1 is 1.50 bits per heavy atom. The maximum atomic E-state index is 11.8. The molecule has 1 heterocycles. The van der Waals surface area contributed by atoms with Crippen molar-refractivity contribution >= 4 is 11.8 Å². The lowest BCUT2D eigenvalue weighted by Crippen LogP contribution is -2.49. The van der Waals surface area contributed by atoms with E-state index in [2.05, 4.69) is 6.58 Å². The highest BCUT2D eigenvalue weighted by molar-refractivity contribution is 5.94. The highest BCUT2D eigenvalue weighted by Crippen LogP contribution is 2.43. The van der Waals surface area contributed by atoms with Gasteiger partial charge in [-0.15, -0.1) is 0 Å². The molecule has 2 rings (SSSR count). The zero-order chi connectivity index (χ0) is 10.3. The first-order chi connectivity index (χ1) is 6.54. The summed E-state index contributed by atoms with van der Waals surface area (Å²) in [5.74, 6) is -0.121. The molecule has 1 saturated heterocycles. The molecule has 1 aliphatic heterocycles. The van der Waals surface area contributed by atoms with Crippen LogP contribution in [0, 0.1) is 5.41 Å². The standard InChI is InChI=1S/C11H14O3/c1-7-6-11(2)8(12)4-3-5-9(11)14-10(7)13/h9H,1,3-6H2,2H3/t9-,11+/m0/s1. The number of rotatable bonds is 0. The first kappa shape index (κ1) is 9.44. The van der Waals surface area contributed by atoms with Gasteiger partial charge in [-0.3, -0.25) is 4.79 Å². The number of esters is 1. The number of carbonyl (C=O) groups excluding carboxylic acids is 2. The van der Waals surface area contributed by atoms with Gasteiger partial charge in [0.15, 0.2) is 0 Å². The molecule has 2 aliphatic rings. The minimum absolute atomic E-state index is 0.211. The first-order valence-corrected chi connectivity index (χ1v) is 4.96. The van der Waals surface area contributed by atoms with Crippen LogP contribution in [0.3, 0.4) is 0 Å². The van der Waals surface area contributed by atoms with Crippen LogP contribution in [0.2, 0.25) is 0 Å². The molecule has 0 spiro atoms. The predicted molar refractivity (Wildman–Crippen MR) is 50.6 cm³/mol. The number of Topliss-reactive ketones (excluding diaryl/α,β-unsaturated/α-hetero) is 1. The third-order valence-electron chi connectivity index (χ3n) is 3.34. The third-order valence-corrected chi connectivity index (χ3v) is 3.34. The summed E-state index contributed by atoms with van der Waals surface area (Å²) in [5.41, 5.74) is -0.0672. The highest BCUT2D eigenvalue weighted by Gasteiger charge is 2.49. The number of carbonyl (C=O) groups is 2. The molecule has 0 aromatic rings. The van der Waals surface area contributed by atoms with Crippen LogP contribution in [-0.4, -0.2) is 17.9 Å². The van der Waals surface area contributed by atoms with Gasteiger partial charge >= 0.3 is 5.97 Å². The van der Waals surface area contributed by atoms with Crippen molar-refractivity contribution in [3.05, 3.63) is 12.2 Å². The molecule has 14 heavy (non-hydrogen) atoms. The molecule has 1 saturated carbocycles. The molecular weight excluding hydrogens is 180 g/mol. The van der Waals surface area contributed by atoms with Gasteiger partial charge in [0, 0.05) is 12.0 Å². The van der Waals surface area contributed by atoms with E-state index < -0.39 is 5.41 Å². The second kappa shape index (κ2) is 2.94. The summed E-state index contributed by atoms with van der Waals surface area (Å²) in [5, 5.41) is 0. The zero-order valence-electron chi connectivity index (χ0n) is 8.34. The van der Waals surface area contributed by atoms with E-state index in [0.717, 1.165) is 12.8 Å². The number of ether oxygens (including phenoxy) is 1. The molecule has 2 fully saturated rings. The average molecular weight is 194 g/mol. The summed E-state index contributed by atoms with van der Waals surface area (Å²) >= 11 is 0. The van der Waals surface area contributed by atoms with Gasteiger partial charge in [-0.2, -0.15) is 0 Å². The van der Waals surface area contributed by atoms with Crippen molar-refractivity contribution in [2.24, 2.45) is 5.41 Å². The van der Waals surface area contributed by atoms with E-state index in [1.54, 1.807) is 0 Å². The van der Waals surface area contributed by atoms with Crippen LogP contribution in [-0.2, 0) is 14.3 Å². The van der Waals surface area contributed by atoms with Gasteiger partial charge < -0.3 is 4.74 Å². The number of ketones is 1. The topological polar surface area (TPSA) is 43.4 Å². The Kier molecular flexibility index (Phi) is 1.98. The van der Waals surface area contributed by atoms with Crippen molar-refractivity contribution in [2.45, 2.75) is 38.7 Å². The van der Waals surface area contributed by atoms with Crippen molar-refractivity contribution in [2.75, 3.05) is 0 Å². The van der Waals surface area contributed by atoms with Crippen LogP contribution in [0.25, 0.3) is 0 Å². The number of hydrogen-bond acceptors (Lipinski definition) is 3. The Hall–Kier alpha value is -1.12. The van der Waals surface area contributed by atoms with Gasteiger partial charge in [-0.1, -0.05) is 6.58 Å². The Balaban J connectivity index is 2.30. The summed E-state index contributed by atoms with van der Waals surface area (Å²) in [6, 6.07) is 0. The van der Waals surface area contributed by atoms with Gasteiger partial charge in [0.2, 0.25) is 0 Å². The van der Waals surface area contributed by atoms with Crippen molar-refractivity contribution < 1.29 is 14.3 Å². The molecule has 0 unspecified atom stereocenters. The van der Waals surface area contributed by atoms with Crippen molar-refractivity contribution in [3.8, 4) is 0 Å². The molecular formula is C11H14O3. The summed E-state index contributed by atoms with van der Waals surface area (Å²) in [7, 11) is 0. The van der Waals surface area contributed by atoms with Crippen LogP contribution in [0.15, 0.2) is 12.2 Å². The fourth-order valence-corrected chi connectivity index (χ4v) is 2.36. The van der Waals surface area contributed by atoms with Gasteiger partial charge in [0.05, 0.1) is 5.41 Å². The summed E-state index contributed by atoms with van der Waals surface area (Å²) < 4.78 is 5.22. The van der Waals surface area contributed by atoms with Crippen LogP contribution < -0.4 is 0 Å². The van der Waals surface area contributed by atoms with E-state index in [1.807, 2.05) is 6.92 Å². The van der Waals surface area contributed by atoms with Gasteiger partial charge in [-0.05, 0) is 26.2 Å². The highest BCUT2D eigenvalue weighted by atomic mass is 16.5. The zero-order valence-corrected chi connectivity index (χ0v) is 8.34. The molecule has 0 radical (unpaired) electrons. The van der Waals surface area contributed by atoms with E-state index in [4.69, 9.17) is 4.74 Å². The Bertz CT molecular complexity index is 318. The number of hydrogen-bond donors (Lipinski definition) is 0. The van der Waals surface area contributed by atoms with Crippen molar-refractivity contribution in [1.82, 2.24) is 0 Å². The SMILES string of the molecule is C=C1C[C@]2(C)C(=O)CCC[C@@H]2OC1=O. The molecule has 0 bridgehead atoms. The Morgan fingerprint density at radius 3 is 2.93 bits per heavy atom. The molecule has 3 nitrogen and oxygen atoms in total. The normalized spacial score (nSPS) is 37.8. The van der Waals surface area contributed by atoms with Crippen LogP contribution >= 0.6 is 0 Å². The Morgan fingerprint density at radius 2 is 2.21 bits per heavy atom. The average Bonchev–Trinajstić information content (AvgIpc) is 2.11. The van der Waals surface area contributed by atoms with E-state index in [0.29, 0.717) is 18.4 Å². The second-order valence-corrected chi connectivity index (χ2v) is 4.41. The maximum Gasteiger partial charge on any atom is 0.333 e. The third kappa shape index (κ3) is 1.19. The molecule has 2 atom stereocenters. The molecule has 0 N–H and O–H groups in total. The second-order valence-electron chi connectivity index (χ2n) is 4.41. The van der Waals surface area contributed by atoms with E-state index >= 15 is 0 Å². The summed E-state index contributed by atoms with van der Waals surface area (Å²) in [6.45, 7) is 5.52. The smallest absolute Gasteiger partial charge is 0.333 e. The van der Waals surface area contributed by atoms with E-state index in [-0.39, 0.29) is 17.9 Å². The van der Waals surface area contributed by atoms with Gasteiger partial charge in [0.25, 0.3) is 0 Å². The van der Waals surface area contributed by atoms with Gasteiger partial charge in [0.1, 0.15) is 11.9 Å². The quantitative estimate of drug-likeness (QED) is 0.434. The summed E-state index contributed by atoms with van der Waals surface area (Å²) in [6.07, 6.45) is 2.49. The fraction of sp³-hybridized carbons (Fsp3) is 0.636. The molecule has 0 aromatic carbocycles. The lowest BCUT2D eigenvalue weighted by Gasteiger charge is -2.42. The lowest BCUT2D eigenvalue weighted by atomic mass is 9.67. The molecule has 0 amide bonds. The van der Waals surface area contributed by atoms with E-state index in [1.165, 1.54) is 0 Å². The number of fused-ring (bicyclic) bond motifs is 1. The summed E-state index contributed by atoms with van der Waals surface area (Å²) in [4.78, 5) is 23.0. The Labute approximate surface area is 83.1 Å². The molecule has 0 aromatic heterocycles. The van der Waals surface area contributed by atoms with Crippen molar-refractivity contribution in [1.29, 1.82) is 0 Å². The predicted octanol–water partition coefficient (Wildman–Crippen LogP) is 1.62. The minimum Gasteiger partial charge on any atom is -0.458 e. The minimum atomic E-state index is -0.497. The van der Waals surface area contributed by atoms with E-state index in [9.17, 15) is 9.59 Å². The lowest BCUT2D eigenvalue weighted by molar-refractivity contribution is -0.166. The first-order valence-electron chi connectivity index (χ1n) is 4.96.